The molecule has 1 aliphatic rings. The van der Waals surface area contributed by atoms with E-state index in [0.717, 1.165) is 41.9 Å². The summed E-state index contributed by atoms with van der Waals surface area (Å²) in [6, 6.07) is 12.2. The van der Waals surface area contributed by atoms with Crippen LogP contribution in [0.5, 0.6) is 5.75 Å². The summed E-state index contributed by atoms with van der Waals surface area (Å²) in [4.78, 5) is 23.3. The lowest BCUT2D eigenvalue weighted by Gasteiger charge is -2.32. The number of nitrogens with zero attached hydrogens (tertiary/aromatic N) is 3. The molecule has 0 spiro atoms. The number of fused-ring (bicyclic) bond motifs is 1. The maximum atomic E-state index is 12.0. The van der Waals surface area contributed by atoms with Crippen molar-refractivity contribution in [1.29, 1.82) is 0 Å². The van der Waals surface area contributed by atoms with Crippen molar-refractivity contribution in [1.82, 2.24) is 19.8 Å². The number of carbonyl (C=O) groups excluding carboxylic acids is 1. The molecule has 0 radical (unpaired) electrons. The van der Waals surface area contributed by atoms with Crippen LogP contribution in [0.1, 0.15) is 31.9 Å². The average Bonchev–Trinajstić information content (AvgIpc) is 3.25. The maximum absolute atomic E-state index is 12.0. The van der Waals surface area contributed by atoms with Gasteiger partial charge in [0.1, 0.15) is 17.5 Å². The molecule has 4 rings (SSSR count). The Balaban J connectivity index is 1.33. The van der Waals surface area contributed by atoms with E-state index in [9.17, 15) is 4.79 Å². The summed E-state index contributed by atoms with van der Waals surface area (Å²) in [5, 5.41) is 0. The molecular weight excluding hydrogens is 380 g/mol. The van der Waals surface area contributed by atoms with Gasteiger partial charge < -0.3 is 14.0 Å². The Kier molecular flexibility index (Phi) is 6.18. The van der Waals surface area contributed by atoms with Crippen molar-refractivity contribution in [3.63, 3.8) is 0 Å². The van der Waals surface area contributed by atoms with E-state index >= 15 is 0 Å². The van der Waals surface area contributed by atoms with Crippen LogP contribution in [0.4, 0.5) is 4.79 Å². The number of carbonyl (C=O) groups is 1. The van der Waals surface area contributed by atoms with Gasteiger partial charge in [-0.2, -0.15) is 0 Å². The summed E-state index contributed by atoms with van der Waals surface area (Å²) in [7, 11) is 0. The first kappa shape index (κ1) is 20.2. The minimum absolute atomic E-state index is 0.112. The van der Waals surface area contributed by atoms with Gasteiger partial charge in [0.15, 0.2) is 0 Å². The zero-order chi connectivity index (χ0) is 20.9. The highest BCUT2D eigenvalue weighted by atomic mass is 16.7. The zero-order valence-electron chi connectivity index (χ0n) is 17.5. The van der Waals surface area contributed by atoms with Crippen molar-refractivity contribution in [2.45, 2.75) is 39.2 Å². The molecule has 1 aliphatic heterocycles. The lowest BCUT2D eigenvalue weighted by molar-refractivity contribution is 0.0384. The fourth-order valence-electron chi connectivity index (χ4n) is 3.80. The summed E-state index contributed by atoms with van der Waals surface area (Å²) in [6.07, 6.45) is 6.39. The van der Waals surface area contributed by atoms with E-state index in [1.807, 2.05) is 37.5 Å². The van der Waals surface area contributed by atoms with Gasteiger partial charge in [0.05, 0.1) is 6.61 Å². The standard InChI is InChI=1S/C23H28N4O3/c1-3-16-29-25-23(28)26-13-10-20(11-14-26)30-19-6-4-18(5-7-19)21-8-9-22-24-12-15-27(22)17(21)2/h4-9,12,15,20H,3,10-11,13-14,16H2,1-2H3,(H,25,28). The van der Waals surface area contributed by atoms with Crippen LogP contribution in [-0.2, 0) is 4.84 Å². The number of piperidine rings is 1. The predicted molar refractivity (Wildman–Crippen MR) is 115 cm³/mol. The van der Waals surface area contributed by atoms with Crippen LogP contribution >= 0.6 is 0 Å². The van der Waals surface area contributed by atoms with Crippen LogP contribution in [-0.4, -0.2) is 46.1 Å². The first-order valence-corrected chi connectivity index (χ1v) is 10.5. The summed E-state index contributed by atoms with van der Waals surface area (Å²) >= 11 is 0. The number of hydrogen-bond acceptors (Lipinski definition) is 4. The lowest BCUT2D eigenvalue weighted by Crippen LogP contribution is -2.46. The number of rotatable bonds is 6. The molecule has 1 N–H and O–H groups in total. The number of ether oxygens (including phenoxy) is 1. The highest BCUT2D eigenvalue weighted by molar-refractivity contribution is 5.73. The molecule has 0 saturated carbocycles. The van der Waals surface area contributed by atoms with E-state index in [-0.39, 0.29) is 12.1 Å². The second-order valence-electron chi connectivity index (χ2n) is 7.57. The van der Waals surface area contributed by atoms with Crippen LogP contribution in [0.2, 0.25) is 0 Å². The lowest BCUT2D eigenvalue weighted by atomic mass is 10.0. The van der Waals surface area contributed by atoms with Crippen molar-refractivity contribution in [2.75, 3.05) is 19.7 Å². The average molecular weight is 409 g/mol. The Labute approximate surface area is 176 Å². The monoisotopic (exact) mass is 408 g/mol. The highest BCUT2D eigenvalue weighted by Crippen LogP contribution is 2.27. The number of amides is 2. The molecule has 30 heavy (non-hydrogen) atoms. The van der Waals surface area contributed by atoms with Gasteiger partial charge in [0.25, 0.3) is 0 Å². The number of urea groups is 1. The SMILES string of the molecule is CCCONC(=O)N1CCC(Oc2ccc(-c3ccc4nccn4c3C)cc2)CC1. The van der Waals surface area contributed by atoms with E-state index in [4.69, 9.17) is 9.57 Å². The molecule has 1 aromatic carbocycles. The topological polar surface area (TPSA) is 68.1 Å². The van der Waals surface area contributed by atoms with Gasteiger partial charge in [-0.1, -0.05) is 19.1 Å². The van der Waals surface area contributed by atoms with Gasteiger partial charge in [0, 0.05) is 49.6 Å². The maximum Gasteiger partial charge on any atom is 0.341 e. The van der Waals surface area contributed by atoms with Crippen LogP contribution in [0.15, 0.2) is 48.8 Å². The van der Waals surface area contributed by atoms with E-state index < -0.39 is 0 Å². The molecule has 7 nitrogen and oxygen atoms in total. The second-order valence-corrected chi connectivity index (χ2v) is 7.57. The first-order chi connectivity index (χ1) is 14.7. The van der Waals surface area contributed by atoms with Gasteiger partial charge >= 0.3 is 6.03 Å². The van der Waals surface area contributed by atoms with Gasteiger partial charge in [-0.25, -0.2) is 15.3 Å². The minimum atomic E-state index is -0.170. The van der Waals surface area contributed by atoms with Crippen LogP contribution in [0, 0.1) is 6.92 Å². The summed E-state index contributed by atoms with van der Waals surface area (Å²) in [5.74, 6) is 0.856. The largest absolute Gasteiger partial charge is 0.490 e. The number of hydroxylamine groups is 1. The Hall–Kier alpha value is -3.06. The molecule has 0 unspecified atom stereocenters. The molecule has 3 heterocycles. The Morgan fingerprint density at radius 3 is 2.67 bits per heavy atom. The van der Waals surface area contributed by atoms with E-state index in [1.165, 1.54) is 5.56 Å². The quantitative estimate of drug-likeness (QED) is 0.490. The number of benzene rings is 1. The summed E-state index contributed by atoms with van der Waals surface area (Å²) in [5.41, 5.74) is 6.93. The molecule has 1 saturated heterocycles. The Morgan fingerprint density at radius 1 is 1.17 bits per heavy atom. The highest BCUT2D eigenvalue weighted by Gasteiger charge is 2.24. The fourth-order valence-corrected chi connectivity index (χ4v) is 3.80. The predicted octanol–water partition coefficient (Wildman–Crippen LogP) is 4.20. The van der Waals surface area contributed by atoms with E-state index in [0.29, 0.717) is 19.7 Å². The normalized spacial score (nSPS) is 14.8. The summed E-state index contributed by atoms with van der Waals surface area (Å²) < 4.78 is 8.25. The molecule has 0 bridgehead atoms. The van der Waals surface area contributed by atoms with E-state index in [1.54, 1.807) is 4.90 Å². The fraction of sp³-hybridized carbons (Fsp3) is 0.391. The van der Waals surface area contributed by atoms with Gasteiger partial charge in [-0.3, -0.25) is 4.84 Å². The number of likely N-dealkylation sites (tertiary alicyclic amines) is 1. The third-order valence-corrected chi connectivity index (χ3v) is 5.48. The van der Waals surface area contributed by atoms with Crippen molar-refractivity contribution >= 4 is 11.7 Å². The molecule has 0 atom stereocenters. The van der Waals surface area contributed by atoms with Crippen molar-refractivity contribution < 1.29 is 14.4 Å². The molecular formula is C23H28N4O3. The Morgan fingerprint density at radius 2 is 1.93 bits per heavy atom. The van der Waals surface area contributed by atoms with Gasteiger partial charge in [0.2, 0.25) is 0 Å². The molecule has 1 fully saturated rings. The van der Waals surface area contributed by atoms with Crippen LogP contribution in [0.3, 0.4) is 0 Å². The number of aryl methyl sites for hydroxylation is 1. The van der Waals surface area contributed by atoms with E-state index in [2.05, 4.69) is 40.0 Å². The Bertz CT molecular complexity index is 991. The minimum Gasteiger partial charge on any atom is -0.490 e. The molecule has 7 heteroatoms. The molecule has 2 aromatic heterocycles. The molecule has 2 amide bonds. The zero-order valence-corrected chi connectivity index (χ0v) is 17.5. The van der Waals surface area contributed by atoms with Gasteiger partial charge in [-0.15, -0.1) is 0 Å². The van der Waals surface area contributed by atoms with Crippen molar-refractivity contribution in [3.8, 4) is 16.9 Å². The van der Waals surface area contributed by atoms with Crippen molar-refractivity contribution in [3.05, 3.63) is 54.5 Å². The van der Waals surface area contributed by atoms with Crippen LogP contribution in [0.25, 0.3) is 16.8 Å². The first-order valence-electron chi connectivity index (χ1n) is 10.5. The number of imidazole rings is 1. The third kappa shape index (κ3) is 4.41. The molecule has 158 valence electrons. The molecule has 0 aliphatic carbocycles. The number of nitrogens with one attached hydrogen (secondary N) is 1. The summed E-state index contributed by atoms with van der Waals surface area (Å²) in [6.45, 7) is 5.95. The van der Waals surface area contributed by atoms with Gasteiger partial charge in [-0.05, 0) is 43.2 Å². The van der Waals surface area contributed by atoms with Crippen molar-refractivity contribution in [2.24, 2.45) is 0 Å². The number of pyridine rings is 1. The molecule has 3 aromatic rings. The third-order valence-electron chi connectivity index (χ3n) is 5.48. The number of hydrogen-bond donors (Lipinski definition) is 1. The van der Waals surface area contributed by atoms with Crippen LogP contribution < -0.4 is 10.2 Å². The smallest absolute Gasteiger partial charge is 0.341 e. The second kappa shape index (κ2) is 9.17. The number of aromatic nitrogens is 2.